The van der Waals surface area contributed by atoms with Crippen LogP contribution in [0.5, 0.6) is 0 Å². The highest BCUT2D eigenvalue weighted by atomic mass is 15.2. The highest BCUT2D eigenvalue weighted by Crippen LogP contribution is 2.51. The average Bonchev–Trinajstić information content (AvgIpc) is 3.28. The van der Waals surface area contributed by atoms with Crippen molar-refractivity contribution in [3.05, 3.63) is 0 Å². The molecule has 144 valence electrons. The summed E-state index contributed by atoms with van der Waals surface area (Å²) in [6.45, 7) is 15.8. The van der Waals surface area contributed by atoms with E-state index in [1.165, 1.54) is 97.3 Å². The zero-order valence-corrected chi connectivity index (χ0v) is 17.1. The Morgan fingerprint density at radius 2 is 1.52 bits per heavy atom. The first-order valence-electron chi connectivity index (χ1n) is 11.1. The first-order chi connectivity index (χ1) is 12.0. The predicted molar refractivity (Wildman–Crippen MR) is 106 cm³/mol. The maximum Gasteiger partial charge on any atom is 0.00516 e. The van der Waals surface area contributed by atoms with Crippen molar-refractivity contribution in [1.29, 1.82) is 0 Å². The minimum Gasteiger partial charge on any atom is -0.306 e. The fourth-order valence-electron chi connectivity index (χ4n) is 6.08. The van der Waals surface area contributed by atoms with E-state index < -0.39 is 0 Å². The average molecular weight is 348 g/mol. The van der Waals surface area contributed by atoms with Gasteiger partial charge in [0, 0.05) is 26.2 Å². The number of piperidine rings is 2. The Bertz CT molecular complexity index is 432. The lowest BCUT2D eigenvalue weighted by molar-refractivity contribution is -0.0535. The fourth-order valence-corrected chi connectivity index (χ4v) is 6.08. The quantitative estimate of drug-likeness (QED) is 0.727. The third-order valence-corrected chi connectivity index (χ3v) is 7.75. The molecule has 1 saturated carbocycles. The van der Waals surface area contributed by atoms with Crippen LogP contribution in [0.2, 0.25) is 0 Å². The van der Waals surface area contributed by atoms with Gasteiger partial charge in [0.05, 0.1) is 0 Å². The predicted octanol–water partition coefficient (Wildman–Crippen LogP) is 3.55. The molecule has 3 heterocycles. The van der Waals surface area contributed by atoms with E-state index in [4.69, 9.17) is 0 Å². The molecule has 3 aliphatic heterocycles. The summed E-state index contributed by atoms with van der Waals surface area (Å²) >= 11 is 0. The molecule has 3 saturated heterocycles. The van der Waals surface area contributed by atoms with Crippen molar-refractivity contribution in [2.45, 2.75) is 58.8 Å². The highest BCUT2D eigenvalue weighted by Gasteiger charge is 2.46. The van der Waals surface area contributed by atoms with E-state index in [0.717, 1.165) is 17.3 Å². The van der Waals surface area contributed by atoms with Gasteiger partial charge in [0.2, 0.25) is 0 Å². The molecule has 1 aliphatic carbocycles. The molecule has 0 aromatic rings. The van der Waals surface area contributed by atoms with Crippen LogP contribution in [0.1, 0.15) is 58.8 Å². The van der Waals surface area contributed by atoms with E-state index in [-0.39, 0.29) is 0 Å². The summed E-state index contributed by atoms with van der Waals surface area (Å²) in [5.41, 5.74) is 1.43. The molecule has 4 fully saturated rings. The van der Waals surface area contributed by atoms with Crippen molar-refractivity contribution < 1.29 is 0 Å². The van der Waals surface area contributed by atoms with Crippen LogP contribution in [0, 0.1) is 22.7 Å². The Morgan fingerprint density at radius 1 is 0.880 bits per heavy atom. The van der Waals surface area contributed by atoms with E-state index in [0.29, 0.717) is 5.41 Å². The number of hydrogen-bond acceptors (Lipinski definition) is 3. The molecule has 0 unspecified atom stereocenters. The maximum absolute atomic E-state index is 2.81. The molecule has 0 radical (unpaired) electrons. The number of likely N-dealkylation sites (tertiary alicyclic amines) is 3. The Morgan fingerprint density at radius 3 is 2.08 bits per heavy atom. The second-order valence-electron chi connectivity index (χ2n) is 10.8. The van der Waals surface area contributed by atoms with Gasteiger partial charge >= 0.3 is 0 Å². The lowest BCUT2D eigenvalue weighted by atomic mass is 9.71. The van der Waals surface area contributed by atoms with Gasteiger partial charge in [-0.2, -0.15) is 0 Å². The molecule has 0 aromatic heterocycles. The number of nitrogens with zero attached hydrogens (tertiary/aromatic N) is 3. The smallest absolute Gasteiger partial charge is 0.00516 e. The van der Waals surface area contributed by atoms with Crippen LogP contribution in [0.4, 0.5) is 0 Å². The normalized spacial score (nSPS) is 30.7. The van der Waals surface area contributed by atoms with Crippen molar-refractivity contribution >= 4 is 0 Å². The van der Waals surface area contributed by atoms with Gasteiger partial charge in [0.25, 0.3) is 0 Å². The van der Waals surface area contributed by atoms with Crippen molar-refractivity contribution in [2.75, 3.05) is 59.4 Å². The minimum absolute atomic E-state index is 0.711. The lowest BCUT2D eigenvalue weighted by Crippen LogP contribution is -2.61. The molecule has 4 rings (SSSR count). The van der Waals surface area contributed by atoms with Gasteiger partial charge in [-0.25, -0.2) is 0 Å². The Kier molecular flexibility index (Phi) is 5.20. The summed E-state index contributed by atoms with van der Waals surface area (Å²) in [5, 5.41) is 0. The Hall–Kier alpha value is -0.120. The third kappa shape index (κ3) is 4.42. The zero-order valence-electron chi connectivity index (χ0n) is 17.1. The molecular formula is C22H41N3. The van der Waals surface area contributed by atoms with E-state index in [1.54, 1.807) is 0 Å². The van der Waals surface area contributed by atoms with Crippen molar-refractivity contribution in [3.63, 3.8) is 0 Å². The molecule has 0 bridgehead atoms. The maximum atomic E-state index is 2.81. The van der Waals surface area contributed by atoms with Crippen LogP contribution in [0.3, 0.4) is 0 Å². The number of hydrogen-bond donors (Lipinski definition) is 0. The molecule has 0 aromatic carbocycles. The van der Waals surface area contributed by atoms with Crippen LogP contribution >= 0.6 is 0 Å². The van der Waals surface area contributed by atoms with Crippen molar-refractivity contribution in [1.82, 2.24) is 14.7 Å². The summed E-state index contributed by atoms with van der Waals surface area (Å²) in [7, 11) is 2.28. The molecule has 0 atom stereocenters. The molecule has 1 spiro atoms. The van der Waals surface area contributed by atoms with Crippen LogP contribution < -0.4 is 0 Å². The summed E-state index contributed by atoms with van der Waals surface area (Å²) in [6.07, 6.45) is 10.2. The topological polar surface area (TPSA) is 9.72 Å². The van der Waals surface area contributed by atoms with Gasteiger partial charge in [-0.3, -0.25) is 0 Å². The van der Waals surface area contributed by atoms with E-state index >= 15 is 0 Å². The first kappa shape index (κ1) is 18.3. The molecule has 3 heteroatoms. The second-order valence-corrected chi connectivity index (χ2v) is 10.8. The van der Waals surface area contributed by atoms with E-state index in [1.807, 2.05) is 0 Å². The lowest BCUT2D eigenvalue weighted by Gasteiger charge is -2.55. The van der Waals surface area contributed by atoms with E-state index in [9.17, 15) is 0 Å². The van der Waals surface area contributed by atoms with Gasteiger partial charge in [0.1, 0.15) is 0 Å². The highest BCUT2D eigenvalue weighted by molar-refractivity contribution is 4.99. The molecule has 0 N–H and O–H groups in total. The van der Waals surface area contributed by atoms with Gasteiger partial charge < -0.3 is 14.7 Å². The first-order valence-corrected chi connectivity index (χ1v) is 11.1. The Balaban J connectivity index is 1.14. The van der Waals surface area contributed by atoms with E-state index in [2.05, 4.69) is 35.6 Å². The van der Waals surface area contributed by atoms with Crippen molar-refractivity contribution in [3.8, 4) is 0 Å². The molecule has 0 amide bonds. The molecular weight excluding hydrogens is 306 g/mol. The SMILES string of the molecule is CC(C)CC1(CN2CCC(CN3CC4(CCN(C)CC4)C3)CC2)CC1. The van der Waals surface area contributed by atoms with Crippen LogP contribution in [0.25, 0.3) is 0 Å². The van der Waals surface area contributed by atoms with Crippen LogP contribution in [-0.4, -0.2) is 74.1 Å². The molecule has 3 nitrogen and oxygen atoms in total. The van der Waals surface area contributed by atoms with Gasteiger partial charge in [-0.15, -0.1) is 0 Å². The third-order valence-electron chi connectivity index (χ3n) is 7.75. The second kappa shape index (κ2) is 7.13. The largest absolute Gasteiger partial charge is 0.306 e. The summed E-state index contributed by atoms with van der Waals surface area (Å²) < 4.78 is 0. The fraction of sp³-hybridized carbons (Fsp3) is 1.00. The zero-order chi connectivity index (χ0) is 17.5. The Labute approximate surface area is 156 Å². The monoisotopic (exact) mass is 347 g/mol. The van der Waals surface area contributed by atoms with Gasteiger partial charge in [-0.1, -0.05) is 13.8 Å². The minimum atomic E-state index is 0.711. The number of rotatable bonds is 6. The summed E-state index contributed by atoms with van der Waals surface area (Å²) in [4.78, 5) is 8.10. The molecule has 4 aliphatic rings. The molecule has 25 heavy (non-hydrogen) atoms. The standard InChI is InChI=1S/C22H41N3/c1-19(2)14-21(6-7-21)16-24-10-4-20(5-11-24)15-25-17-22(18-25)8-12-23(3)13-9-22/h19-20H,4-18H2,1-3H3. The van der Waals surface area contributed by atoms with Crippen LogP contribution in [-0.2, 0) is 0 Å². The van der Waals surface area contributed by atoms with Gasteiger partial charge in [-0.05, 0) is 101 Å². The van der Waals surface area contributed by atoms with Crippen molar-refractivity contribution in [2.24, 2.45) is 22.7 Å². The summed E-state index contributed by atoms with van der Waals surface area (Å²) in [6, 6.07) is 0. The van der Waals surface area contributed by atoms with Gasteiger partial charge in [0.15, 0.2) is 0 Å². The van der Waals surface area contributed by atoms with Crippen LogP contribution in [0.15, 0.2) is 0 Å². The summed E-state index contributed by atoms with van der Waals surface area (Å²) in [5.74, 6) is 1.85.